The maximum Gasteiger partial charge on any atom is 0.233 e. The molecule has 58 valence electrons. The second kappa shape index (κ2) is 2.42. The number of nitrogens with zero attached hydrogens (tertiary/aromatic N) is 2. The summed E-state index contributed by atoms with van der Waals surface area (Å²) in [6, 6.07) is 3.99. The zero-order valence-corrected chi connectivity index (χ0v) is 6.45. The molecule has 1 aliphatic heterocycles. The first kappa shape index (κ1) is 6.46. The van der Waals surface area contributed by atoms with Crippen LogP contribution in [0.4, 0.5) is 0 Å². The van der Waals surface area contributed by atoms with E-state index in [-0.39, 0.29) is 0 Å². The van der Waals surface area contributed by atoms with Crippen molar-refractivity contribution in [2.75, 3.05) is 13.2 Å². The van der Waals surface area contributed by atoms with Gasteiger partial charge in [0, 0.05) is 13.2 Å². The van der Waals surface area contributed by atoms with E-state index in [2.05, 4.69) is 4.99 Å². The first-order valence-corrected chi connectivity index (χ1v) is 3.67. The Balaban J connectivity index is 2.35. The van der Waals surface area contributed by atoms with Crippen LogP contribution in [0.5, 0.6) is 0 Å². The minimum atomic E-state index is 0.723. The topological polar surface area (TPSA) is 26.5 Å². The van der Waals surface area contributed by atoms with Gasteiger partial charge in [0.25, 0.3) is 0 Å². The van der Waals surface area contributed by atoms with Crippen LogP contribution in [0, 0.1) is 0 Å². The van der Waals surface area contributed by atoms with Crippen molar-refractivity contribution >= 4 is 5.90 Å². The highest BCUT2D eigenvalue weighted by molar-refractivity contribution is 5.93. The number of hydrogen-bond donors (Lipinski definition) is 0. The number of aryl methyl sites for hydroxylation is 1. The molecule has 0 unspecified atom stereocenters. The summed E-state index contributed by atoms with van der Waals surface area (Å²) < 4.78 is 7.31. The zero-order chi connectivity index (χ0) is 7.68. The van der Waals surface area contributed by atoms with Crippen LogP contribution < -0.4 is 0 Å². The van der Waals surface area contributed by atoms with Gasteiger partial charge in [-0.1, -0.05) is 0 Å². The van der Waals surface area contributed by atoms with Crippen LogP contribution in [0.3, 0.4) is 0 Å². The molecular weight excluding hydrogens is 140 g/mol. The van der Waals surface area contributed by atoms with E-state index in [1.807, 2.05) is 29.9 Å². The summed E-state index contributed by atoms with van der Waals surface area (Å²) in [5.74, 6) is 0.775. The van der Waals surface area contributed by atoms with Crippen LogP contribution in [0.2, 0.25) is 0 Å². The average molecular weight is 150 g/mol. The molecule has 0 spiro atoms. The van der Waals surface area contributed by atoms with Gasteiger partial charge in [0.1, 0.15) is 12.3 Å². The van der Waals surface area contributed by atoms with Crippen molar-refractivity contribution in [3.05, 3.63) is 24.0 Å². The van der Waals surface area contributed by atoms with Gasteiger partial charge in [-0.3, -0.25) is 0 Å². The molecule has 0 saturated carbocycles. The monoisotopic (exact) mass is 150 g/mol. The second-order valence-corrected chi connectivity index (χ2v) is 2.54. The quantitative estimate of drug-likeness (QED) is 0.581. The third-order valence-electron chi connectivity index (χ3n) is 1.75. The molecule has 3 heteroatoms. The molecule has 1 aromatic heterocycles. The summed E-state index contributed by atoms with van der Waals surface area (Å²) in [4.78, 5) is 4.21. The smallest absolute Gasteiger partial charge is 0.233 e. The normalized spacial score (nSPS) is 16.3. The molecule has 2 heterocycles. The number of hydrogen-bond acceptors (Lipinski definition) is 2. The van der Waals surface area contributed by atoms with Crippen LogP contribution in [0.1, 0.15) is 5.69 Å². The van der Waals surface area contributed by atoms with E-state index in [4.69, 9.17) is 4.74 Å². The predicted molar refractivity (Wildman–Crippen MR) is 42.8 cm³/mol. The van der Waals surface area contributed by atoms with E-state index >= 15 is 0 Å². The van der Waals surface area contributed by atoms with E-state index in [9.17, 15) is 0 Å². The highest BCUT2D eigenvalue weighted by Crippen LogP contribution is 2.06. The number of rotatable bonds is 1. The second-order valence-electron chi connectivity index (χ2n) is 2.54. The molecule has 0 N–H and O–H groups in total. The summed E-state index contributed by atoms with van der Waals surface area (Å²) in [6.45, 7) is 1.51. The average Bonchev–Trinajstić information content (AvgIpc) is 2.55. The van der Waals surface area contributed by atoms with E-state index in [1.54, 1.807) is 0 Å². The van der Waals surface area contributed by atoms with E-state index in [1.165, 1.54) is 0 Å². The van der Waals surface area contributed by atoms with Gasteiger partial charge >= 0.3 is 0 Å². The Morgan fingerprint density at radius 1 is 1.64 bits per heavy atom. The molecule has 11 heavy (non-hydrogen) atoms. The third-order valence-corrected chi connectivity index (χ3v) is 1.75. The summed E-state index contributed by atoms with van der Waals surface area (Å²) in [5, 5.41) is 0. The lowest BCUT2D eigenvalue weighted by Crippen LogP contribution is -2.06. The predicted octanol–water partition coefficient (Wildman–Crippen LogP) is 0.802. The first-order chi connectivity index (χ1) is 5.38. The van der Waals surface area contributed by atoms with Crippen LogP contribution in [-0.4, -0.2) is 23.6 Å². The summed E-state index contributed by atoms with van der Waals surface area (Å²) in [5.41, 5.74) is 1.06. The van der Waals surface area contributed by atoms with Gasteiger partial charge in [-0.25, -0.2) is 4.99 Å². The molecule has 0 amide bonds. The molecule has 0 fully saturated rings. The fourth-order valence-electron chi connectivity index (χ4n) is 1.17. The molecule has 1 aliphatic rings. The Hall–Kier alpha value is -1.25. The fraction of sp³-hybridized carbons (Fsp3) is 0.375. The first-order valence-electron chi connectivity index (χ1n) is 3.67. The molecular formula is C8H10N2O. The Bertz CT molecular complexity index is 288. The highest BCUT2D eigenvalue weighted by atomic mass is 16.5. The van der Waals surface area contributed by atoms with Crippen molar-refractivity contribution in [3.8, 4) is 0 Å². The standard InChI is InChI=1S/C8H10N2O/c1-10-5-2-3-7(10)8-9-4-6-11-8/h2-3,5H,4,6H2,1H3. The summed E-state index contributed by atoms with van der Waals surface area (Å²) in [6.07, 6.45) is 1.99. The lowest BCUT2D eigenvalue weighted by Gasteiger charge is -2.01. The van der Waals surface area contributed by atoms with Gasteiger partial charge in [-0.2, -0.15) is 0 Å². The van der Waals surface area contributed by atoms with Gasteiger partial charge in [0.2, 0.25) is 5.90 Å². The zero-order valence-electron chi connectivity index (χ0n) is 6.45. The Kier molecular flexibility index (Phi) is 1.42. The van der Waals surface area contributed by atoms with Crippen molar-refractivity contribution in [2.45, 2.75) is 0 Å². The molecule has 0 saturated heterocycles. The minimum Gasteiger partial charge on any atom is -0.474 e. The van der Waals surface area contributed by atoms with Crippen LogP contribution in [0.15, 0.2) is 23.3 Å². The van der Waals surface area contributed by atoms with Crippen LogP contribution in [0.25, 0.3) is 0 Å². The highest BCUT2D eigenvalue weighted by Gasteiger charge is 2.11. The van der Waals surface area contributed by atoms with E-state index in [0.717, 1.165) is 24.7 Å². The summed E-state index contributed by atoms with van der Waals surface area (Å²) >= 11 is 0. The third kappa shape index (κ3) is 1.02. The van der Waals surface area contributed by atoms with Gasteiger partial charge in [-0.05, 0) is 12.1 Å². The number of aliphatic imine (C=N–C) groups is 1. The van der Waals surface area contributed by atoms with E-state index in [0.29, 0.717) is 0 Å². The van der Waals surface area contributed by atoms with Crippen LogP contribution in [-0.2, 0) is 11.8 Å². The van der Waals surface area contributed by atoms with Gasteiger partial charge in [0.05, 0.1) is 6.54 Å². The lowest BCUT2D eigenvalue weighted by atomic mass is 10.4. The number of ether oxygens (including phenoxy) is 1. The van der Waals surface area contributed by atoms with Gasteiger partial charge in [-0.15, -0.1) is 0 Å². The van der Waals surface area contributed by atoms with Crippen molar-refractivity contribution in [3.63, 3.8) is 0 Å². The fourth-order valence-corrected chi connectivity index (χ4v) is 1.17. The molecule has 0 atom stereocenters. The SMILES string of the molecule is Cn1cccc1C1=NCCO1. The molecule has 3 nitrogen and oxygen atoms in total. The molecule has 0 radical (unpaired) electrons. The molecule has 0 aliphatic carbocycles. The van der Waals surface area contributed by atoms with Gasteiger partial charge < -0.3 is 9.30 Å². The van der Waals surface area contributed by atoms with Crippen molar-refractivity contribution in [2.24, 2.45) is 12.0 Å². The largest absolute Gasteiger partial charge is 0.474 e. The molecule has 0 aromatic carbocycles. The van der Waals surface area contributed by atoms with Crippen molar-refractivity contribution in [1.29, 1.82) is 0 Å². The minimum absolute atomic E-state index is 0.723. The Morgan fingerprint density at radius 2 is 2.55 bits per heavy atom. The Morgan fingerprint density at radius 3 is 3.09 bits per heavy atom. The Labute approximate surface area is 65.3 Å². The molecule has 0 bridgehead atoms. The number of aromatic nitrogens is 1. The van der Waals surface area contributed by atoms with Crippen molar-refractivity contribution in [1.82, 2.24) is 4.57 Å². The molecule has 2 rings (SSSR count). The van der Waals surface area contributed by atoms with Crippen molar-refractivity contribution < 1.29 is 4.74 Å². The van der Waals surface area contributed by atoms with E-state index < -0.39 is 0 Å². The molecule has 1 aromatic rings. The maximum atomic E-state index is 5.31. The van der Waals surface area contributed by atoms with Gasteiger partial charge in [0.15, 0.2) is 0 Å². The summed E-state index contributed by atoms with van der Waals surface area (Å²) in [7, 11) is 1.99. The lowest BCUT2D eigenvalue weighted by molar-refractivity contribution is 0.346. The maximum absolute atomic E-state index is 5.31. The van der Waals surface area contributed by atoms with Crippen LogP contribution >= 0.6 is 0 Å².